The fourth-order valence-corrected chi connectivity index (χ4v) is 1.80. The molecule has 1 rings (SSSR count). The van der Waals surface area contributed by atoms with Crippen LogP contribution < -0.4 is 4.72 Å². The summed E-state index contributed by atoms with van der Waals surface area (Å²) in [6.07, 6.45) is 0. The fraction of sp³-hybridized carbons (Fsp3) is 0.250. The van der Waals surface area contributed by atoms with Crippen LogP contribution in [0.5, 0.6) is 0 Å². The molecule has 0 saturated carbocycles. The Hall–Kier alpha value is -0.910. The molecule has 71 valence electrons. The summed E-state index contributed by atoms with van der Waals surface area (Å²) in [5.41, 5.74) is 0. The highest BCUT2D eigenvalue weighted by Gasteiger charge is 2.11. The molecule has 1 radical (unpaired) electrons. The minimum absolute atomic E-state index is 0.0189. The zero-order valence-electron chi connectivity index (χ0n) is 6.90. The summed E-state index contributed by atoms with van der Waals surface area (Å²) in [6, 6.07) is 8.85. The Balaban J connectivity index is 2.83. The highest BCUT2D eigenvalue weighted by Crippen LogP contribution is 2.05. The van der Waals surface area contributed by atoms with E-state index in [-0.39, 0.29) is 18.0 Å². The summed E-state index contributed by atoms with van der Waals surface area (Å²) in [4.78, 5) is 0.0865. The summed E-state index contributed by atoms with van der Waals surface area (Å²) in [7, 11) is -3.49. The Morgan fingerprint density at radius 1 is 1.46 bits per heavy atom. The van der Waals surface area contributed by atoms with Crippen molar-refractivity contribution in [1.29, 1.82) is 0 Å². The highest BCUT2D eigenvalue weighted by atomic mass is 32.2. The van der Waals surface area contributed by atoms with Gasteiger partial charge in [0.05, 0.1) is 11.5 Å². The zero-order chi connectivity index (χ0) is 9.73. The van der Waals surface area contributed by atoms with Gasteiger partial charge in [-0.15, -0.1) is 0 Å². The second-order valence-electron chi connectivity index (χ2n) is 2.35. The van der Waals surface area contributed by atoms with Crippen molar-refractivity contribution >= 4 is 10.0 Å². The van der Waals surface area contributed by atoms with Crippen molar-refractivity contribution in [1.82, 2.24) is 4.72 Å². The molecule has 0 saturated heterocycles. The Bertz CT molecular complexity index is 347. The third kappa shape index (κ3) is 2.80. The van der Waals surface area contributed by atoms with Crippen molar-refractivity contribution in [3.63, 3.8) is 0 Å². The van der Waals surface area contributed by atoms with Crippen LogP contribution in [-0.4, -0.2) is 26.7 Å². The molecule has 0 unspecified atom stereocenters. The maximum Gasteiger partial charge on any atom is 0.241 e. The summed E-state index contributed by atoms with van der Waals surface area (Å²) in [6.45, 7) is -0.197. The summed E-state index contributed by atoms with van der Waals surface area (Å²) < 4.78 is 24.9. The van der Waals surface area contributed by atoms with Gasteiger partial charge in [0.2, 0.25) is 10.0 Å². The highest BCUT2D eigenvalue weighted by molar-refractivity contribution is 7.89. The normalized spacial score (nSPS) is 11.5. The lowest BCUT2D eigenvalue weighted by atomic mass is 10.4. The van der Waals surface area contributed by atoms with Crippen LogP contribution in [0.1, 0.15) is 0 Å². The van der Waals surface area contributed by atoms with E-state index in [0.29, 0.717) is 0 Å². The Kier molecular flexibility index (Phi) is 3.41. The largest absolute Gasteiger partial charge is 0.395 e. The van der Waals surface area contributed by atoms with Crippen molar-refractivity contribution in [3.05, 3.63) is 30.3 Å². The molecule has 13 heavy (non-hydrogen) atoms. The molecule has 5 heteroatoms. The Morgan fingerprint density at radius 2 is 2.23 bits per heavy atom. The maximum atomic E-state index is 11.3. The van der Waals surface area contributed by atoms with E-state index in [1.165, 1.54) is 12.1 Å². The number of sulfonamides is 1. The van der Waals surface area contributed by atoms with Gasteiger partial charge in [0.15, 0.2) is 0 Å². The molecular weight excluding hydrogens is 190 g/mol. The van der Waals surface area contributed by atoms with E-state index < -0.39 is 10.0 Å². The molecule has 0 atom stereocenters. The van der Waals surface area contributed by atoms with E-state index in [4.69, 9.17) is 5.11 Å². The standard InChI is InChI=1S/C8H10NO3S/c10-7-6-9-13(11,12)8-4-2-1-3-5-8/h1-4,9-10H,6-7H2. The number of rotatable bonds is 4. The van der Waals surface area contributed by atoms with Gasteiger partial charge in [-0.3, -0.25) is 0 Å². The number of benzene rings is 1. The van der Waals surface area contributed by atoms with Crippen LogP contribution in [0.3, 0.4) is 0 Å². The maximum absolute atomic E-state index is 11.3. The first-order chi connectivity index (χ1) is 6.17. The average molecular weight is 200 g/mol. The van der Waals surface area contributed by atoms with Crippen LogP contribution in [-0.2, 0) is 10.0 Å². The molecule has 1 aromatic rings. The first-order valence-electron chi connectivity index (χ1n) is 3.74. The summed E-state index contributed by atoms with van der Waals surface area (Å²) >= 11 is 0. The molecule has 0 aliphatic rings. The molecule has 0 amide bonds. The van der Waals surface area contributed by atoms with Gasteiger partial charge in [0, 0.05) is 12.6 Å². The van der Waals surface area contributed by atoms with Crippen LogP contribution in [0.25, 0.3) is 0 Å². The number of nitrogens with one attached hydrogen (secondary N) is 1. The molecular formula is C8H10NO3S. The predicted molar refractivity (Wildman–Crippen MR) is 47.6 cm³/mol. The van der Waals surface area contributed by atoms with Crippen molar-refractivity contribution < 1.29 is 13.5 Å². The molecule has 4 nitrogen and oxygen atoms in total. The van der Waals surface area contributed by atoms with Gasteiger partial charge in [-0.05, 0) is 6.07 Å². The van der Waals surface area contributed by atoms with Crippen LogP contribution in [0.4, 0.5) is 0 Å². The zero-order valence-corrected chi connectivity index (χ0v) is 7.71. The molecule has 1 aromatic carbocycles. The quantitative estimate of drug-likeness (QED) is 0.704. The van der Waals surface area contributed by atoms with Gasteiger partial charge in [-0.25, -0.2) is 13.1 Å². The SMILES string of the molecule is O=S(=O)(NCCO)c1[c]cccc1. The third-order valence-corrected chi connectivity index (χ3v) is 2.79. The topological polar surface area (TPSA) is 66.4 Å². The van der Waals surface area contributed by atoms with E-state index in [0.717, 1.165) is 0 Å². The second kappa shape index (κ2) is 4.36. The first kappa shape index (κ1) is 10.2. The third-order valence-electron chi connectivity index (χ3n) is 1.37. The van der Waals surface area contributed by atoms with Gasteiger partial charge in [0.1, 0.15) is 0 Å². The van der Waals surface area contributed by atoms with Crippen molar-refractivity contribution in [2.45, 2.75) is 4.90 Å². The first-order valence-corrected chi connectivity index (χ1v) is 5.22. The van der Waals surface area contributed by atoms with E-state index >= 15 is 0 Å². The monoisotopic (exact) mass is 200 g/mol. The van der Waals surface area contributed by atoms with E-state index in [1.54, 1.807) is 12.1 Å². The molecule has 0 fully saturated rings. The lowest BCUT2D eigenvalue weighted by Crippen LogP contribution is -2.26. The van der Waals surface area contributed by atoms with Gasteiger partial charge < -0.3 is 5.11 Å². The lowest BCUT2D eigenvalue weighted by Gasteiger charge is -2.03. The van der Waals surface area contributed by atoms with E-state index in [1.807, 2.05) is 0 Å². The Labute approximate surface area is 77.3 Å². The molecule has 0 heterocycles. The molecule has 0 bridgehead atoms. The van der Waals surface area contributed by atoms with Gasteiger partial charge in [0.25, 0.3) is 0 Å². The van der Waals surface area contributed by atoms with Gasteiger partial charge in [-0.1, -0.05) is 18.2 Å². The molecule has 0 aliphatic heterocycles. The number of aliphatic hydroxyl groups excluding tert-OH is 1. The Morgan fingerprint density at radius 3 is 2.77 bits per heavy atom. The van der Waals surface area contributed by atoms with Gasteiger partial charge >= 0.3 is 0 Å². The van der Waals surface area contributed by atoms with Crippen molar-refractivity contribution in [3.8, 4) is 0 Å². The smallest absolute Gasteiger partial charge is 0.241 e. The summed E-state index contributed by atoms with van der Waals surface area (Å²) in [5.74, 6) is 0. The minimum Gasteiger partial charge on any atom is -0.395 e. The van der Waals surface area contributed by atoms with Crippen molar-refractivity contribution in [2.24, 2.45) is 0 Å². The van der Waals surface area contributed by atoms with Crippen LogP contribution in [0.2, 0.25) is 0 Å². The summed E-state index contributed by atoms with van der Waals surface area (Å²) in [5, 5.41) is 8.44. The average Bonchev–Trinajstić information content (AvgIpc) is 2.16. The van der Waals surface area contributed by atoms with E-state index in [9.17, 15) is 8.42 Å². The van der Waals surface area contributed by atoms with Crippen LogP contribution in [0.15, 0.2) is 29.2 Å². The molecule has 0 aromatic heterocycles. The number of hydrogen-bond donors (Lipinski definition) is 2. The van der Waals surface area contributed by atoms with Crippen LogP contribution in [0, 0.1) is 6.07 Å². The molecule has 0 aliphatic carbocycles. The molecule has 0 spiro atoms. The van der Waals surface area contributed by atoms with Gasteiger partial charge in [-0.2, -0.15) is 0 Å². The fourth-order valence-electron chi connectivity index (χ4n) is 0.802. The second-order valence-corrected chi connectivity index (χ2v) is 4.08. The minimum atomic E-state index is -3.49. The molecule has 2 N–H and O–H groups in total. The predicted octanol–water partition coefficient (Wildman–Crippen LogP) is -0.243. The number of hydrogen-bond acceptors (Lipinski definition) is 3. The van der Waals surface area contributed by atoms with E-state index in [2.05, 4.69) is 10.8 Å². The van der Waals surface area contributed by atoms with Crippen LogP contribution >= 0.6 is 0 Å². The number of aliphatic hydroxyl groups is 1. The van der Waals surface area contributed by atoms with Crippen molar-refractivity contribution in [2.75, 3.05) is 13.2 Å². The lowest BCUT2D eigenvalue weighted by molar-refractivity contribution is 0.301.